The van der Waals surface area contributed by atoms with Crippen LogP contribution in [0.15, 0.2) is 24.3 Å². The lowest BCUT2D eigenvalue weighted by Crippen LogP contribution is -2.48. The number of carboxylic acid groups (broad SMARTS) is 2. The molecule has 1 rings (SSSR count). The predicted molar refractivity (Wildman–Crippen MR) is 323 cm³/mol. The van der Waals surface area contributed by atoms with Crippen molar-refractivity contribution in [2.45, 2.75) is 185 Å². The van der Waals surface area contributed by atoms with Crippen LogP contribution >= 0.6 is 0 Å². The molecule has 0 unspecified atom stereocenters. The molecule has 1 aromatic rings. The van der Waals surface area contributed by atoms with Crippen LogP contribution in [0.3, 0.4) is 0 Å². The fourth-order valence-electron chi connectivity index (χ4n) is 8.92. The molecule has 6 amide bonds. The van der Waals surface area contributed by atoms with Gasteiger partial charge < -0.3 is 88.3 Å². The van der Waals surface area contributed by atoms with E-state index < -0.39 is 47.9 Å². The number of carboxylic acids is 2. The van der Waals surface area contributed by atoms with E-state index in [0.29, 0.717) is 57.2 Å². The van der Waals surface area contributed by atoms with E-state index in [4.69, 9.17) is 40.9 Å². The number of hydrogen-bond acceptors (Lipinski definition) is 17. The summed E-state index contributed by atoms with van der Waals surface area (Å²) in [7, 11) is 1.68. The molecule has 0 radical (unpaired) electrons. The summed E-state index contributed by atoms with van der Waals surface area (Å²) in [6.07, 6.45) is 18.0. The molecule has 1 aromatic carbocycles. The first-order chi connectivity index (χ1) is 41.4. The standard InChI is InChI=1S/C59H103N11O16/c1-63-47(50(72)41-68-45(19-18-30-67-59(61)62)40-53(75)70-49(57(60)80)39-44-23-25-46(71)26-24-44)20-16-17-29-64-54(76)42-85-37-36-84-34-32-66-55(77)43-86-38-35-83-33-31-65-51(73)28-27-48(58(81)82)69-52(74)21-14-12-10-8-6-4-2-3-5-7-9-11-13-15-22-56(78)79/h23-26,45,47-49,63,68,71H,2-22,27-43H2,1H3,(H2,60,80)(H,64,76)(H,65,73)(H,66,77)(H,69,74)(H,70,75)(H,78,79)(H,81,82)(H4,61,62,67)/t45-,47-,48-,49-/m0/s1. The fraction of sp³-hybridized carbons (Fsp3) is 0.729. The van der Waals surface area contributed by atoms with Crippen molar-refractivity contribution in [2.24, 2.45) is 11.5 Å². The maximum Gasteiger partial charge on any atom is 0.326 e. The van der Waals surface area contributed by atoms with Gasteiger partial charge in [0.1, 0.15) is 31.0 Å². The predicted octanol–water partition coefficient (Wildman–Crippen LogP) is 1.93. The fourth-order valence-corrected chi connectivity index (χ4v) is 8.92. The van der Waals surface area contributed by atoms with Gasteiger partial charge in [0, 0.05) is 64.3 Å². The van der Waals surface area contributed by atoms with E-state index in [2.05, 4.69) is 42.5 Å². The summed E-state index contributed by atoms with van der Waals surface area (Å²) in [5.74, 6) is -4.71. The molecule has 0 heterocycles. The Bertz CT molecular complexity index is 2090. The topological polar surface area (TPSA) is 423 Å². The normalized spacial score (nSPS) is 12.5. The maximum absolute atomic E-state index is 13.2. The molecule has 0 bridgehead atoms. The molecule has 0 saturated heterocycles. The summed E-state index contributed by atoms with van der Waals surface area (Å²) in [5, 5.41) is 57.4. The van der Waals surface area contributed by atoms with Gasteiger partial charge in [-0.1, -0.05) is 89.2 Å². The number of Topliss-reactive ketones (excluding diaryl/α,β-unsaturated/α-hetero) is 1. The molecule has 4 atom stereocenters. The number of carbonyl (C=O) groups excluding carboxylic acids is 7. The molecule has 0 saturated carbocycles. The molecule has 0 aliphatic rings. The van der Waals surface area contributed by atoms with Crippen LogP contribution in [-0.4, -0.2) is 191 Å². The number of carbonyl (C=O) groups is 9. The molecule has 0 aliphatic heterocycles. The Labute approximate surface area is 507 Å². The molecule has 27 heteroatoms. The zero-order chi connectivity index (χ0) is 63.4. The Morgan fingerprint density at radius 1 is 0.500 bits per heavy atom. The number of nitrogens with two attached hydrogens (primary N) is 2. The maximum atomic E-state index is 13.2. The van der Waals surface area contributed by atoms with Gasteiger partial charge in [0.05, 0.1) is 52.2 Å². The Hall–Kier alpha value is -6.52. The number of primary amides is 1. The number of ketones is 1. The summed E-state index contributed by atoms with van der Waals surface area (Å²) in [5.41, 5.74) is 11.7. The molecule has 0 fully saturated rings. The van der Waals surface area contributed by atoms with Crippen LogP contribution < -0.4 is 54.0 Å². The quantitative estimate of drug-likeness (QED) is 0.0252. The highest BCUT2D eigenvalue weighted by molar-refractivity contribution is 5.88. The van der Waals surface area contributed by atoms with Crippen LogP contribution in [0.2, 0.25) is 0 Å². The van der Waals surface area contributed by atoms with Crippen molar-refractivity contribution in [3.63, 3.8) is 0 Å². The summed E-state index contributed by atoms with van der Waals surface area (Å²) < 4.78 is 21.6. The number of rotatable bonds is 58. The number of ether oxygens (including phenoxy) is 4. The van der Waals surface area contributed by atoms with Crippen LogP contribution in [0.4, 0.5) is 0 Å². The molecule has 0 spiro atoms. The minimum atomic E-state index is -1.20. The first-order valence-corrected chi connectivity index (χ1v) is 30.6. The first kappa shape index (κ1) is 77.5. The summed E-state index contributed by atoms with van der Waals surface area (Å²) in [6, 6.07) is 3.11. The molecule has 86 heavy (non-hydrogen) atoms. The van der Waals surface area contributed by atoms with Crippen molar-refractivity contribution in [2.75, 3.05) is 92.6 Å². The van der Waals surface area contributed by atoms with E-state index in [9.17, 15) is 53.4 Å². The third-order valence-electron chi connectivity index (χ3n) is 13.8. The van der Waals surface area contributed by atoms with Crippen molar-refractivity contribution in [1.29, 1.82) is 5.41 Å². The Morgan fingerprint density at radius 2 is 1.00 bits per heavy atom. The lowest BCUT2D eigenvalue weighted by molar-refractivity contribution is -0.142. The highest BCUT2D eigenvalue weighted by Crippen LogP contribution is 2.15. The molecule has 16 N–H and O–H groups in total. The van der Waals surface area contributed by atoms with Crippen molar-refractivity contribution in [3.8, 4) is 5.75 Å². The van der Waals surface area contributed by atoms with Crippen LogP contribution in [0, 0.1) is 5.41 Å². The third kappa shape index (κ3) is 45.8. The molecule has 0 aliphatic carbocycles. The van der Waals surface area contributed by atoms with Gasteiger partial charge in [-0.05, 0) is 76.1 Å². The summed E-state index contributed by atoms with van der Waals surface area (Å²) in [4.78, 5) is 110. The van der Waals surface area contributed by atoms with Crippen LogP contribution in [0.5, 0.6) is 5.75 Å². The number of amides is 6. The third-order valence-corrected chi connectivity index (χ3v) is 13.8. The molecular formula is C59H103N11O16. The van der Waals surface area contributed by atoms with Crippen LogP contribution in [0.1, 0.15) is 160 Å². The van der Waals surface area contributed by atoms with Crippen LogP contribution in [0.25, 0.3) is 0 Å². The van der Waals surface area contributed by atoms with E-state index in [1.807, 2.05) is 0 Å². The van der Waals surface area contributed by atoms with E-state index in [1.54, 1.807) is 19.2 Å². The average molecular weight is 1220 g/mol. The zero-order valence-corrected chi connectivity index (χ0v) is 50.8. The monoisotopic (exact) mass is 1220 g/mol. The number of hydrogen-bond donors (Lipinski definition) is 14. The number of phenols is 1. The number of unbranched alkanes of at least 4 members (excludes halogenated alkanes) is 14. The lowest BCUT2D eigenvalue weighted by atomic mass is 10.0. The summed E-state index contributed by atoms with van der Waals surface area (Å²) in [6.45, 7) is 1.80. The SMILES string of the molecule is CN[C@@H](CCCCNC(=O)COCCOCCNC(=O)COCCOCCNC(=O)CC[C@H](NC(=O)CCCCCCCCCCCCCCCCC(=O)O)C(=O)O)C(=O)CN[C@@H](CCCNC(=N)N)CC(=O)N[C@@H](Cc1ccc(O)cc1)C(N)=O. The van der Waals surface area contributed by atoms with Gasteiger partial charge in [-0.15, -0.1) is 0 Å². The first-order valence-electron chi connectivity index (χ1n) is 30.6. The number of phenolic OH excluding ortho intramolecular Hbond substituents is 1. The van der Waals surface area contributed by atoms with Crippen LogP contribution in [-0.2, 0) is 68.5 Å². The van der Waals surface area contributed by atoms with Gasteiger partial charge in [-0.3, -0.25) is 43.8 Å². The van der Waals surface area contributed by atoms with Gasteiger partial charge in [-0.25, -0.2) is 4.79 Å². The zero-order valence-electron chi connectivity index (χ0n) is 50.8. The molecule has 0 aromatic heterocycles. The second-order valence-corrected chi connectivity index (χ2v) is 21.2. The van der Waals surface area contributed by atoms with Gasteiger partial charge in [-0.2, -0.15) is 0 Å². The van der Waals surface area contributed by atoms with E-state index in [-0.39, 0.29) is 152 Å². The minimum Gasteiger partial charge on any atom is -0.508 e. The molecule has 27 nitrogen and oxygen atoms in total. The lowest BCUT2D eigenvalue weighted by Gasteiger charge is -2.22. The van der Waals surface area contributed by atoms with E-state index >= 15 is 0 Å². The number of benzene rings is 1. The average Bonchev–Trinajstić information content (AvgIpc) is 3.68. The van der Waals surface area contributed by atoms with Gasteiger partial charge in [0.15, 0.2) is 11.7 Å². The number of guanidine groups is 1. The Morgan fingerprint density at radius 3 is 1.52 bits per heavy atom. The van der Waals surface area contributed by atoms with Crippen molar-refractivity contribution >= 4 is 59.1 Å². The second-order valence-electron chi connectivity index (χ2n) is 21.2. The van der Waals surface area contributed by atoms with E-state index in [1.165, 1.54) is 44.2 Å². The number of aromatic hydroxyl groups is 1. The van der Waals surface area contributed by atoms with Crippen molar-refractivity contribution < 1.29 is 77.4 Å². The smallest absolute Gasteiger partial charge is 0.326 e. The minimum absolute atomic E-state index is 0.0348. The van der Waals surface area contributed by atoms with Gasteiger partial charge >= 0.3 is 11.9 Å². The Balaban J connectivity index is 2.08. The largest absolute Gasteiger partial charge is 0.508 e. The summed E-state index contributed by atoms with van der Waals surface area (Å²) >= 11 is 0. The number of aliphatic carboxylic acids is 2. The van der Waals surface area contributed by atoms with Crippen molar-refractivity contribution in [1.82, 2.24) is 42.5 Å². The van der Waals surface area contributed by atoms with E-state index in [0.717, 1.165) is 51.4 Å². The number of likely N-dealkylation sites (N-methyl/N-ethyl adjacent to an activating group) is 1. The van der Waals surface area contributed by atoms with Gasteiger partial charge in [0.2, 0.25) is 35.4 Å². The van der Waals surface area contributed by atoms with Gasteiger partial charge in [0.25, 0.3) is 0 Å². The Kier molecular flexibility index (Phi) is 46.6. The highest BCUT2D eigenvalue weighted by atomic mass is 16.5. The molecular weight excluding hydrogens is 1120 g/mol. The molecule has 490 valence electrons. The second kappa shape index (κ2) is 51.7. The number of nitrogens with one attached hydrogen (secondary N) is 9. The highest BCUT2D eigenvalue weighted by Gasteiger charge is 2.24. The van der Waals surface area contributed by atoms with Crippen molar-refractivity contribution in [3.05, 3.63) is 29.8 Å².